The van der Waals surface area contributed by atoms with E-state index in [-0.39, 0.29) is 5.92 Å². The van der Waals surface area contributed by atoms with Crippen molar-refractivity contribution in [3.05, 3.63) is 0 Å². The van der Waals surface area contributed by atoms with Gasteiger partial charge in [-0.15, -0.1) is 0 Å². The summed E-state index contributed by atoms with van der Waals surface area (Å²) in [5.41, 5.74) is 0.454. The Morgan fingerprint density at radius 3 is 2.00 bits per heavy atom. The van der Waals surface area contributed by atoms with Crippen LogP contribution in [0.4, 0.5) is 0 Å². The highest BCUT2D eigenvalue weighted by atomic mass is 16.1. The second kappa shape index (κ2) is 4.46. The Balaban J connectivity index is 2.42. The van der Waals surface area contributed by atoms with Gasteiger partial charge < -0.3 is 4.79 Å². The maximum absolute atomic E-state index is 10.7. The molecule has 1 aliphatic carbocycles. The van der Waals surface area contributed by atoms with E-state index in [1.165, 1.54) is 25.7 Å². The number of aldehydes is 1. The van der Waals surface area contributed by atoms with Gasteiger partial charge in [0, 0.05) is 5.92 Å². The van der Waals surface area contributed by atoms with Crippen molar-refractivity contribution in [3.63, 3.8) is 0 Å². The van der Waals surface area contributed by atoms with Crippen molar-refractivity contribution in [2.45, 2.75) is 53.4 Å². The fourth-order valence-electron chi connectivity index (χ4n) is 2.62. The van der Waals surface area contributed by atoms with Gasteiger partial charge >= 0.3 is 0 Å². The highest BCUT2D eigenvalue weighted by Gasteiger charge is 2.31. The fraction of sp³-hybridized carbons (Fsp3) is 0.923. The van der Waals surface area contributed by atoms with Crippen molar-refractivity contribution in [1.29, 1.82) is 0 Å². The van der Waals surface area contributed by atoms with Gasteiger partial charge in [-0.3, -0.25) is 0 Å². The van der Waals surface area contributed by atoms with Crippen LogP contribution in [0.15, 0.2) is 0 Å². The third kappa shape index (κ3) is 2.83. The molecular weight excluding hydrogens is 172 g/mol. The highest BCUT2D eigenvalue weighted by molar-refractivity contribution is 5.53. The number of hydrogen-bond acceptors (Lipinski definition) is 1. The summed E-state index contributed by atoms with van der Waals surface area (Å²) in [5.74, 6) is 1.79. The summed E-state index contributed by atoms with van der Waals surface area (Å²) in [4.78, 5) is 10.7. The van der Waals surface area contributed by atoms with Crippen molar-refractivity contribution < 1.29 is 4.79 Å². The van der Waals surface area contributed by atoms with Gasteiger partial charge in [0.15, 0.2) is 0 Å². The van der Waals surface area contributed by atoms with Crippen molar-refractivity contribution in [1.82, 2.24) is 0 Å². The normalized spacial score (nSPS) is 31.1. The Kier molecular flexibility index (Phi) is 3.74. The van der Waals surface area contributed by atoms with E-state index in [0.717, 1.165) is 12.2 Å². The van der Waals surface area contributed by atoms with Crippen LogP contribution in [0.1, 0.15) is 53.4 Å². The Morgan fingerprint density at radius 1 is 1.14 bits per heavy atom. The summed E-state index contributed by atoms with van der Waals surface area (Å²) in [5, 5.41) is 0. The molecule has 1 saturated carbocycles. The summed E-state index contributed by atoms with van der Waals surface area (Å²) in [6, 6.07) is 0. The van der Waals surface area contributed by atoms with Gasteiger partial charge in [-0.05, 0) is 42.9 Å². The number of rotatable bonds is 2. The second-order valence-corrected chi connectivity index (χ2v) is 5.97. The lowest BCUT2D eigenvalue weighted by Gasteiger charge is -2.37. The van der Waals surface area contributed by atoms with Crippen molar-refractivity contribution in [2.75, 3.05) is 0 Å². The van der Waals surface area contributed by atoms with Crippen LogP contribution in [0.5, 0.6) is 0 Å². The average molecular weight is 196 g/mol. The van der Waals surface area contributed by atoms with Gasteiger partial charge in [-0.25, -0.2) is 0 Å². The van der Waals surface area contributed by atoms with E-state index < -0.39 is 0 Å². The molecule has 1 aliphatic rings. The fourth-order valence-corrected chi connectivity index (χ4v) is 2.62. The van der Waals surface area contributed by atoms with Crippen LogP contribution >= 0.6 is 0 Å². The minimum Gasteiger partial charge on any atom is -0.303 e. The largest absolute Gasteiger partial charge is 0.303 e. The van der Waals surface area contributed by atoms with E-state index in [1.807, 2.05) is 0 Å². The maximum atomic E-state index is 10.7. The first-order valence-corrected chi connectivity index (χ1v) is 5.90. The standard InChI is InChI=1S/C13H24O/c1-10(9-14)11-5-7-12(8-6-11)13(2,3)4/h9-12H,5-8H2,1-4H3. The third-order valence-corrected chi connectivity index (χ3v) is 3.95. The first-order valence-electron chi connectivity index (χ1n) is 5.90. The Labute approximate surface area is 88.3 Å². The molecule has 82 valence electrons. The molecule has 1 heteroatoms. The smallest absolute Gasteiger partial charge is 0.123 e. The van der Waals surface area contributed by atoms with Crippen LogP contribution in [0, 0.1) is 23.2 Å². The Hall–Kier alpha value is -0.330. The maximum Gasteiger partial charge on any atom is 0.123 e. The van der Waals surface area contributed by atoms with E-state index in [2.05, 4.69) is 27.7 Å². The van der Waals surface area contributed by atoms with Crippen LogP contribution in [0.25, 0.3) is 0 Å². The average Bonchev–Trinajstić information content (AvgIpc) is 2.15. The predicted molar refractivity (Wildman–Crippen MR) is 60.1 cm³/mol. The van der Waals surface area contributed by atoms with Gasteiger partial charge in [0.05, 0.1) is 0 Å². The molecule has 0 spiro atoms. The lowest BCUT2D eigenvalue weighted by atomic mass is 9.68. The van der Waals surface area contributed by atoms with Crippen LogP contribution in [0.3, 0.4) is 0 Å². The zero-order valence-corrected chi connectivity index (χ0v) is 10.0. The van der Waals surface area contributed by atoms with Crippen molar-refractivity contribution >= 4 is 6.29 Å². The molecule has 1 fully saturated rings. The van der Waals surface area contributed by atoms with E-state index in [0.29, 0.717) is 11.3 Å². The van der Waals surface area contributed by atoms with Gasteiger partial charge in [0.2, 0.25) is 0 Å². The van der Waals surface area contributed by atoms with Crippen LogP contribution in [-0.4, -0.2) is 6.29 Å². The molecule has 0 aromatic carbocycles. The minimum atomic E-state index is 0.274. The molecule has 0 aromatic heterocycles. The van der Waals surface area contributed by atoms with E-state index in [1.54, 1.807) is 0 Å². The molecule has 1 atom stereocenters. The lowest BCUT2D eigenvalue weighted by Crippen LogP contribution is -2.28. The minimum absolute atomic E-state index is 0.274. The molecular formula is C13H24O. The first kappa shape index (κ1) is 11.7. The zero-order chi connectivity index (χ0) is 10.8. The number of carbonyl (C=O) groups is 1. The summed E-state index contributed by atoms with van der Waals surface area (Å²) in [7, 11) is 0. The van der Waals surface area contributed by atoms with Gasteiger partial charge in [-0.1, -0.05) is 27.7 Å². The monoisotopic (exact) mass is 196 g/mol. The van der Waals surface area contributed by atoms with Gasteiger partial charge in [-0.2, -0.15) is 0 Å². The summed E-state index contributed by atoms with van der Waals surface area (Å²) in [6.45, 7) is 9.07. The molecule has 0 aromatic rings. The molecule has 0 bridgehead atoms. The predicted octanol–water partition coefficient (Wildman–Crippen LogP) is 3.67. The summed E-state index contributed by atoms with van der Waals surface area (Å²) in [6.07, 6.45) is 6.25. The summed E-state index contributed by atoms with van der Waals surface area (Å²) < 4.78 is 0. The first-order chi connectivity index (χ1) is 6.45. The molecule has 0 aliphatic heterocycles. The van der Waals surface area contributed by atoms with Crippen LogP contribution in [0.2, 0.25) is 0 Å². The number of carbonyl (C=O) groups excluding carboxylic acids is 1. The molecule has 1 rings (SSSR count). The zero-order valence-electron chi connectivity index (χ0n) is 10.0. The third-order valence-electron chi connectivity index (χ3n) is 3.95. The Morgan fingerprint density at radius 2 is 1.64 bits per heavy atom. The quantitative estimate of drug-likeness (QED) is 0.616. The van der Waals surface area contributed by atoms with Crippen LogP contribution < -0.4 is 0 Å². The van der Waals surface area contributed by atoms with Crippen molar-refractivity contribution in [3.8, 4) is 0 Å². The molecule has 0 N–H and O–H groups in total. The molecule has 1 nitrogen and oxygen atoms in total. The molecule has 14 heavy (non-hydrogen) atoms. The lowest BCUT2D eigenvalue weighted by molar-refractivity contribution is -0.112. The molecule has 0 radical (unpaired) electrons. The highest BCUT2D eigenvalue weighted by Crippen LogP contribution is 2.41. The van der Waals surface area contributed by atoms with Gasteiger partial charge in [0.1, 0.15) is 6.29 Å². The molecule has 0 saturated heterocycles. The SMILES string of the molecule is CC(C=O)C1CCC(C(C)(C)C)CC1. The second-order valence-electron chi connectivity index (χ2n) is 5.97. The molecule has 0 amide bonds. The van der Waals surface area contributed by atoms with Crippen LogP contribution in [-0.2, 0) is 4.79 Å². The van der Waals surface area contributed by atoms with E-state index in [9.17, 15) is 4.79 Å². The van der Waals surface area contributed by atoms with Crippen molar-refractivity contribution in [2.24, 2.45) is 23.2 Å². The topological polar surface area (TPSA) is 17.1 Å². The molecule has 0 heterocycles. The van der Waals surface area contributed by atoms with E-state index in [4.69, 9.17) is 0 Å². The Bertz CT molecular complexity index is 182. The molecule has 1 unspecified atom stereocenters. The number of hydrogen-bond donors (Lipinski definition) is 0. The van der Waals surface area contributed by atoms with Gasteiger partial charge in [0.25, 0.3) is 0 Å². The summed E-state index contributed by atoms with van der Waals surface area (Å²) >= 11 is 0. The van der Waals surface area contributed by atoms with E-state index >= 15 is 0 Å².